The van der Waals surface area contributed by atoms with Gasteiger partial charge in [0, 0.05) is 6.42 Å². The maximum Gasteiger partial charge on any atom is 0.343 e. The Morgan fingerprint density at radius 2 is 1.69 bits per heavy atom. The summed E-state index contributed by atoms with van der Waals surface area (Å²) >= 11 is 3.46. The molecule has 0 unspecified atom stereocenters. The fourth-order valence-corrected chi connectivity index (χ4v) is 2.93. The lowest BCUT2D eigenvalue weighted by atomic mass is 10.2. The van der Waals surface area contributed by atoms with Gasteiger partial charge in [0.1, 0.15) is 11.5 Å². The van der Waals surface area contributed by atoms with E-state index < -0.39 is 5.97 Å². The number of ether oxygens (including phenoxy) is 2. The van der Waals surface area contributed by atoms with E-state index in [0.717, 1.165) is 16.5 Å². The van der Waals surface area contributed by atoms with Gasteiger partial charge in [-0.2, -0.15) is 0 Å². The van der Waals surface area contributed by atoms with E-state index in [0.29, 0.717) is 23.7 Å². The zero-order chi connectivity index (χ0) is 18.4. The van der Waals surface area contributed by atoms with E-state index in [1.165, 1.54) is 5.56 Å². The third-order valence-electron chi connectivity index (χ3n) is 3.89. The second-order valence-electron chi connectivity index (χ2n) is 5.93. The molecule has 0 atom stereocenters. The van der Waals surface area contributed by atoms with Crippen molar-refractivity contribution in [3.8, 4) is 11.5 Å². The molecule has 0 aliphatic heterocycles. The number of rotatable bonds is 6. The first kappa shape index (κ1) is 18.2. The minimum absolute atomic E-state index is 0.398. The predicted molar refractivity (Wildman–Crippen MR) is 106 cm³/mol. The summed E-state index contributed by atoms with van der Waals surface area (Å²) < 4.78 is 11.9. The van der Waals surface area contributed by atoms with Crippen molar-refractivity contribution >= 4 is 21.9 Å². The number of carbonyl (C=O) groups excluding carboxylic acids is 1. The first-order valence-corrected chi connectivity index (χ1v) is 9.16. The summed E-state index contributed by atoms with van der Waals surface area (Å²) in [6, 6.07) is 22.7. The molecule has 0 heterocycles. The Morgan fingerprint density at radius 3 is 2.38 bits per heavy atom. The molecule has 0 saturated carbocycles. The Balaban J connectivity index is 1.59. The first-order chi connectivity index (χ1) is 12.6. The molecular weight excluding hydrogens is 392 g/mol. The van der Waals surface area contributed by atoms with E-state index in [1.54, 1.807) is 30.3 Å². The van der Waals surface area contributed by atoms with Crippen LogP contribution in [0.5, 0.6) is 11.5 Å². The van der Waals surface area contributed by atoms with Gasteiger partial charge in [-0.05, 0) is 58.7 Å². The maximum absolute atomic E-state index is 12.3. The highest BCUT2D eigenvalue weighted by molar-refractivity contribution is 9.10. The van der Waals surface area contributed by atoms with Crippen molar-refractivity contribution < 1.29 is 14.3 Å². The number of carbonyl (C=O) groups is 1. The fourth-order valence-electron chi connectivity index (χ4n) is 2.44. The number of esters is 1. The quantitative estimate of drug-likeness (QED) is 0.391. The average Bonchev–Trinajstić information content (AvgIpc) is 2.65. The number of hydrogen-bond acceptors (Lipinski definition) is 3. The topological polar surface area (TPSA) is 35.5 Å². The molecule has 0 aromatic heterocycles. The molecular formula is C22H19BrO3. The van der Waals surface area contributed by atoms with Crippen molar-refractivity contribution in [2.45, 2.75) is 13.3 Å². The summed E-state index contributed by atoms with van der Waals surface area (Å²) in [4.78, 5) is 12.3. The van der Waals surface area contributed by atoms with E-state index in [4.69, 9.17) is 9.47 Å². The van der Waals surface area contributed by atoms with Crippen molar-refractivity contribution in [3.63, 3.8) is 0 Å². The zero-order valence-electron chi connectivity index (χ0n) is 14.4. The number of hydrogen-bond donors (Lipinski definition) is 0. The van der Waals surface area contributed by atoms with Gasteiger partial charge in [0.15, 0.2) is 0 Å². The Labute approximate surface area is 161 Å². The molecule has 0 bridgehead atoms. The third kappa shape index (κ3) is 4.96. The summed E-state index contributed by atoms with van der Waals surface area (Å²) in [5.74, 6) is 0.832. The largest absolute Gasteiger partial charge is 0.492 e. The minimum Gasteiger partial charge on any atom is -0.492 e. The Morgan fingerprint density at radius 1 is 0.962 bits per heavy atom. The molecule has 26 heavy (non-hydrogen) atoms. The van der Waals surface area contributed by atoms with Gasteiger partial charge in [-0.1, -0.05) is 48.0 Å². The van der Waals surface area contributed by atoms with Gasteiger partial charge in [-0.25, -0.2) is 4.79 Å². The lowest BCUT2D eigenvalue weighted by Gasteiger charge is -2.10. The predicted octanol–water partition coefficient (Wildman–Crippen LogP) is 5.60. The first-order valence-electron chi connectivity index (χ1n) is 8.37. The van der Waals surface area contributed by atoms with E-state index in [9.17, 15) is 4.79 Å². The van der Waals surface area contributed by atoms with Crippen LogP contribution in [-0.4, -0.2) is 12.6 Å². The van der Waals surface area contributed by atoms with Gasteiger partial charge in [-0.15, -0.1) is 0 Å². The molecule has 0 N–H and O–H groups in total. The lowest BCUT2D eigenvalue weighted by Crippen LogP contribution is -2.09. The molecule has 0 spiro atoms. The van der Waals surface area contributed by atoms with Crippen LogP contribution in [0.4, 0.5) is 0 Å². The van der Waals surface area contributed by atoms with Crippen LogP contribution in [0.15, 0.2) is 77.3 Å². The van der Waals surface area contributed by atoms with Gasteiger partial charge in [0.2, 0.25) is 0 Å². The molecule has 0 amide bonds. The maximum atomic E-state index is 12.3. The van der Waals surface area contributed by atoms with E-state index in [2.05, 4.69) is 28.1 Å². The van der Waals surface area contributed by atoms with Crippen LogP contribution < -0.4 is 9.47 Å². The van der Waals surface area contributed by atoms with E-state index >= 15 is 0 Å². The minimum atomic E-state index is -0.398. The molecule has 4 heteroatoms. The normalized spacial score (nSPS) is 10.4. The molecule has 132 valence electrons. The third-order valence-corrected chi connectivity index (χ3v) is 4.51. The zero-order valence-corrected chi connectivity index (χ0v) is 16.0. The second kappa shape index (κ2) is 8.68. The second-order valence-corrected chi connectivity index (χ2v) is 6.79. The molecule has 3 rings (SSSR count). The van der Waals surface area contributed by atoms with Gasteiger partial charge in [0.05, 0.1) is 16.6 Å². The summed E-state index contributed by atoms with van der Waals surface area (Å²) in [5.41, 5.74) is 2.80. The molecule has 3 aromatic rings. The van der Waals surface area contributed by atoms with Crippen molar-refractivity contribution in [2.75, 3.05) is 6.61 Å². The summed E-state index contributed by atoms with van der Waals surface area (Å²) in [5, 5.41) is 0. The van der Waals surface area contributed by atoms with E-state index in [-0.39, 0.29) is 0 Å². The van der Waals surface area contributed by atoms with Gasteiger partial charge >= 0.3 is 5.97 Å². The SMILES string of the molecule is Cc1ccc(OC(=O)c2ccc(OCCc3ccccc3)c(Br)c2)cc1. The molecule has 0 radical (unpaired) electrons. The molecule has 0 saturated heterocycles. The lowest BCUT2D eigenvalue weighted by molar-refractivity contribution is 0.0734. The van der Waals surface area contributed by atoms with E-state index in [1.807, 2.05) is 37.3 Å². The Bertz CT molecular complexity index is 874. The number of benzene rings is 3. The van der Waals surface area contributed by atoms with Crippen molar-refractivity contribution in [3.05, 3.63) is 94.0 Å². The van der Waals surface area contributed by atoms with Crippen LogP contribution in [0.2, 0.25) is 0 Å². The summed E-state index contributed by atoms with van der Waals surface area (Å²) in [7, 11) is 0. The molecule has 0 aliphatic rings. The summed E-state index contributed by atoms with van der Waals surface area (Å²) in [6.07, 6.45) is 0.824. The van der Waals surface area contributed by atoms with Crippen LogP contribution in [0.25, 0.3) is 0 Å². The van der Waals surface area contributed by atoms with Gasteiger partial charge in [0.25, 0.3) is 0 Å². The van der Waals surface area contributed by atoms with Crippen molar-refractivity contribution in [1.82, 2.24) is 0 Å². The van der Waals surface area contributed by atoms with Gasteiger partial charge in [-0.3, -0.25) is 0 Å². The highest BCUT2D eigenvalue weighted by atomic mass is 79.9. The summed E-state index contributed by atoms with van der Waals surface area (Å²) in [6.45, 7) is 2.55. The Kier molecular flexibility index (Phi) is 6.08. The standard InChI is InChI=1S/C22H19BrO3/c1-16-7-10-19(11-8-16)26-22(24)18-9-12-21(20(23)15-18)25-14-13-17-5-3-2-4-6-17/h2-12,15H,13-14H2,1H3. The number of halogens is 1. The molecule has 3 nitrogen and oxygen atoms in total. The smallest absolute Gasteiger partial charge is 0.343 e. The van der Waals surface area contributed by atoms with Crippen LogP contribution >= 0.6 is 15.9 Å². The van der Waals surface area contributed by atoms with Gasteiger partial charge < -0.3 is 9.47 Å². The highest BCUT2D eigenvalue weighted by Gasteiger charge is 2.11. The monoisotopic (exact) mass is 410 g/mol. The van der Waals surface area contributed by atoms with Crippen molar-refractivity contribution in [1.29, 1.82) is 0 Å². The molecule has 0 fully saturated rings. The Hall–Kier alpha value is -2.59. The van der Waals surface area contributed by atoms with Crippen LogP contribution in [0.1, 0.15) is 21.5 Å². The fraction of sp³-hybridized carbons (Fsp3) is 0.136. The van der Waals surface area contributed by atoms with Crippen LogP contribution in [0, 0.1) is 6.92 Å². The average molecular weight is 411 g/mol. The highest BCUT2D eigenvalue weighted by Crippen LogP contribution is 2.27. The van der Waals surface area contributed by atoms with Crippen molar-refractivity contribution in [2.24, 2.45) is 0 Å². The van der Waals surface area contributed by atoms with Crippen LogP contribution in [-0.2, 0) is 6.42 Å². The molecule has 0 aliphatic carbocycles. The van der Waals surface area contributed by atoms with Crippen LogP contribution in [0.3, 0.4) is 0 Å². The number of aryl methyl sites for hydroxylation is 1. The molecule has 3 aromatic carbocycles.